The predicted octanol–water partition coefficient (Wildman–Crippen LogP) is 3.59. The van der Waals surface area contributed by atoms with Gasteiger partial charge in [0.2, 0.25) is 0 Å². The smallest absolute Gasteiger partial charge is 0.273 e. The van der Waals surface area contributed by atoms with Gasteiger partial charge in [0.25, 0.3) is 5.69 Å². The van der Waals surface area contributed by atoms with Gasteiger partial charge in [0.1, 0.15) is 5.82 Å². The lowest BCUT2D eigenvalue weighted by molar-refractivity contribution is -0.385. The quantitative estimate of drug-likeness (QED) is 0.474. The third-order valence-corrected chi connectivity index (χ3v) is 3.28. The molecule has 0 spiro atoms. The van der Waals surface area contributed by atoms with Crippen LogP contribution in [0.25, 0.3) is 0 Å². The molecule has 0 bridgehead atoms. The van der Waals surface area contributed by atoms with Crippen LogP contribution in [0.1, 0.15) is 31.2 Å². The van der Waals surface area contributed by atoms with Gasteiger partial charge >= 0.3 is 0 Å². The van der Waals surface area contributed by atoms with Crippen molar-refractivity contribution in [3.8, 4) is 0 Å². The number of nitrogens with zero attached hydrogens (tertiary/aromatic N) is 1. The van der Waals surface area contributed by atoms with E-state index in [9.17, 15) is 14.5 Å². The topological polar surface area (TPSA) is 63.4 Å². The first-order chi connectivity index (χ1) is 8.56. The summed E-state index contributed by atoms with van der Waals surface area (Å²) in [6, 6.07) is 2.42. The highest BCUT2D eigenvalue weighted by molar-refractivity contribution is 9.10. The van der Waals surface area contributed by atoms with Gasteiger partial charge in [-0.1, -0.05) is 12.8 Å². The van der Waals surface area contributed by atoms with Gasteiger partial charge < -0.3 is 5.11 Å². The number of nitro benzene ring substituents is 1. The Hall–Kier alpha value is -1.01. The number of hydrogen-bond donors (Lipinski definition) is 1. The number of rotatable bonds is 7. The summed E-state index contributed by atoms with van der Waals surface area (Å²) in [5, 5.41) is 19.5. The van der Waals surface area contributed by atoms with Crippen molar-refractivity contribution < 1.29 is 14.4 Å². The Balaban J connectivity index is 2.68. The fraction of sp³-hybridized carbons (Fsp3) is 0.500. The van der Waals surface area contributed by atoms with Crippen LogP contribution in [0, 0.1) is 15.9 Å². The highest BCUT2D eigenvalue weighted by atomic mass is 79.9. The molecule has 0 unspecified atom stereocenters. The summed E-state index contributed by atoms with van der Waals surface area (Å²) in [4.78, 5) is 10.4. The molecular formula is C12H15BrFNO3. The first-order valence-corrected chi connectivity index (χ1v) is 6.58. The molecule has 1 aromatic carbocycles. The van der Waals surface area contributed by atoms with Crippen LogP contribution in [0.4, 0.5) is 10.1 Å². The Kier molecular flexibility index (Phi) is 6.21. The predicted molar refractivity (Wildman–Crippen MR) is 70.0 cm³/mol. The molecule has 0 heterocycles. The summed E-state index contributed by atoms with van der Waals surface area (Å²) in [5.41, 5.74) is 0.370. The number of unbranched alkanes of at least 4 members (excludes halogenated alkanes) is 3. The Labute approximate surface area is 113 Å². The maximum Gasteiger partial charge on any atom is 0.273 e. The van der Waals surface area contributed by atoms with Gasteiger partial charge in [-0.25, -0.2) is 4.39 Å². The van der Waals surface area contributed by atoms with Crippen LogP contribution in [0.15, 0.2) is 16.6 Å². The van der Waals surface area contributed by atoms with Crippen LogP contribution < -0.4 is 0 Å². The summed E-state index contributed by atoms with van der Waals surface area (Å²) < 4.78 is 13.5. The Morgan fingerprint density at radius 1 is 1.28 bits per heavy atom. The Morgan fingerprint density at radius 3 is 2.56 bits per heavy atom. The fourth-order valence-electron chi connectivity index (χ4n) is 1.73. The van der Waals surface area contributed by atoms with E-state index in [1.54, 1.807) is 0 Å². The van der Waals surface area contributed by atoms with Gasteiger partial charge in [-0.3, -0.25) is 10.1 Å². The van der Waals surface area contributed by atoms with E-state index < -0.39 is 10.7 Å². The summed E-state index contributed by atoms with van der Waals surface area (Å²) in [5.74, 6) is -0.481. The molecule has 0 saturated heterocycles. The summed E-state index contributed by atoms with van der Waals surface area (Å²) in [6.45, 7) is 0.160. The molecule has 1 aromatic rings. The molecule has 100 valence electrons. The zero-order valence-electron chi connectivity index (χ0n) is 9.86. The highest BCUT2D eigenvalue weighted by Crippen LogP contribution is 2.27. The molecular weight excluding hydrogens is 305 g/mol. The van der Waals surface area contributed by atoms with Crippen molar-refractivity contribution in [3.05, 3.63) is 38.1 Å². The average Bonchev–Trinajstić information content (AvgIpc) is 2.32. The zero-order chi connectivity index (χ0) is 13.5. The first-order valence-electron chi connectivity index (χ1n) is 5.79. The van der Waals surface area contributed by atoms with Gasteiger partial charge in [0.05, 0.1) is 9.40 Å². The minimum atomic E-state index is -0.493. The van der Waals surface area contributed by atoms with E-state index >= 15 is 0 Å². The number of halogens is 2. The molecule has 0 saturated carbocycles. The number of benzene rings is 1. The molecule has 0 amide bonds. The van der Waals surface area contributed by atoms with Crippen molar-refractivity contribution in [2.24, 2.45) is 0 Å². The molecule has 0 aromatic heterocycles. The monoisotopic (exact) mass is 319 g/mol. The van der Waals surface area contributed by atoms with Crippen LogP contribution >= 0.6 is 15.9 Å². The van der Waals surface area contributed by atoms with Crippen LogP contribution in [0.2, 0.25) is 0 Å². The van der Waals surface area contributed by atoms with E-state index in [-0.39, 0.29) is 16.8 Å². The molecule has 0 radical (unpaired) electrons. The second-order valence-electron chi connectivity index (χ2n) is 4.04. The van der Waals surface area contributed by atoms with Crippen molar-refractivity contribution in [1.82, 2.24) is 0 Å². The van der Waals surface area contributed by atoms with Crippen molar-refractivity contribution in [2.45, 2.75) is 32.1 Å². The molecule has 0 fully saturated rings. The van der Waals surface area contributed by atoms with Crippen molar-refractivity contribution in [1.29, 1.82) is 0 Å². The van der Waals surface area contributed by atoms with Crippen molar-refractivity contribution in [2.75, 3.05) is 6.61 Å². The van der Waals surface area contributed by atoms with Gasteiger partial charge in [-0.05, 0) is 41.3 Å². The van der Waals surface area contributed by atoms with Gasteiger partial charge in [-0.2, -0.15) is 0 Å². The highest BCUT2D eigenvalue weighted by Gasteiger charge is 2.16. The average molecular weight is 320 g/mol. The number of aliphatic hydroxyl groups excluding tert-OH is 1. The number of nitro groups is 1. The standard InChI is InChI=1S/C12H15BrFNO3/c13-10-8-12(15(17)18)9(7-11(10)14)5-3-1-2-4-6-16/h7-8,16H,1-6H2. The number of aliphatic hydroxyl groups is 1. The lowest BCUT2D eigenvalue weighted by Gasteiger charge is -2.04. The van der Waals surface area contributed by atoms with Crippen molar-refractivity contribution in [3.63, 3.8) is 0 Å². The summed E-state index contributed by atoms with van der Waals surface area (Å²) in [6.07, 6.45) is 3.71. The SMILES string of the molecule is O=[N+]([O-])c1cc(Br)c(F)cc1CCCCCCO. The molecule has 0 atom stereocenters. The third kappa shape index (κ3) is 4.34. The molecule has 6 heteroatoms. The molecule has 0 aliphatic heterocycles. The van der Waals surface area contributed by atoms with E-state index in [2.05, 4.69) is 15.9 Å². The second-order valence-corrected chi connectivity index (χ2v) is 4.89. The minimum Gasteiger partial charge on any atom is -0.396 e. The molecule has 18 heavy (non-hydrogen) atoms. The minimum absolute atomic E-state index is 0.0505. The molecule has 0 aliphatic rings. The van der Waals surface area contributed by atoms with Crippen LogP contribution in [-0.2, 0) is 6.42 Å². The van der Waals surface area contributed by atoms with Gasteiger partial charge in [0, 0.05) is 18.2 Å². The largest absolute Gasteiger partial charge is 0.396 e. The maximum atomic E-state index is 13.4. The van der Waals surface area contributed by atoms with Crippen LogP contribution in [0.5, 0.6) is 0 Å². The molecule has 1 N–H and O–H groups in total. The molecule has 1 rings (SSSR count). The lowest BCUT2D eigenvalue weighted by atomic mass is 10.0. The van der Waals surface area contributed by atoms with Crippen LogP contribution in [-0.4, -0.2) is 16.6 Å². The summed E-state index contributed by atoms with van der Waals surface area (Å²) in [7, 11) is 0. The van der Waals surface area contributed by atoms with E-state index in [1.807, 2.05) is 0 Å². The zero-order valence-corrected chi connectivity index (χ0v) is 11.5. The van der Waals surface area contributed by atoms with E-state index in [1.165, 1.54) is 12.1 Å². The third-order valence-electron chi connectivity index (χ3n) is 2.67. The van der Waals surface area contributed by atoms with Crippen molar-refractivity contribution >= 4 is 21.6 Å². The molecule has 0 aliphatic carbocycles. The van der Waals surface area contributed by atoms with E-state index in [0.717, 1.165) is 25.7 Å². The van der Waals surface area contributed by atoms with Gasteiger partial charge in [0.15, 0.2) is 0 Å². The Morgan fingerprint density at radius 2 is 1.94 bits per heavy atom. The first kappa shape index (κ1) is 15.0. The van der Waals surface area contributed by atoms with E-state index in [4.69, 9.17) is 5.11 Å². The normalized spacial score (nSPS) is 10.6. The van der Waals surface area contributed by atoms with Gasteiger partial charge in [-0.15, -0.1) is 0 Å². The second kappa shape index (κ2) is 7.43. The lowest BCUT2D eigenvalue weighted by Crippen LogP contribution is -1.98. The summed E-state index contributed by atoms with van der Waals surface area (Å²) >= 11 is 2.94. The number of aryl methyl sites for hydroxylation is 1. The fourth-order valence-corrected chi connectivity index (χ4v) is 2.06. The van der Waals surface area contributed by atoms with Crippen LogP contribution in [0.3, 0.4) is 0 Å². The maximum absolute atomic E-state index is 13.4. The van der Waals surface area contributed by atoms with E-state index in [0.29, 0.717) is 12.0 Å². The number of hydrogen-bond acceptors (Lipinski definition) is 3. The Bertz CT molecular complexity index is 426. The molecule has 4 nitrogen and oxygen atoms in total.